The summed E-state index contributed by atoms with van der Waals surface area (Å²) in [6.45, 7) is 1.82. The fourth-order valence-electron chi connectivity index (χ4n) is 2.27. The third kappa shape index (κ3) is 5.54. The highest BCUT2D eigenvalue weighted by molar-refractivity contribution is 8.00. The highest BCUT2D eigenvalue weighted by atomic mass is 32.2. The van der Waals surface area contributed by atoms with Gasteiger partial charge in [-0.2, -0.15) is 0 Å². The van der Waals surface area contributed by atoms with Gasteiger partial charge in [0.15, 0.2) is 0 Å². The molecule has 7 nitrogen and oxygen atoms in total. The zero-order chi connectivity index (χ0) is 17.4. The number of carbonyl (C=O) groups excluding carboxylic acids is 2. The van der Waals surface area contributed by atoms with Crippen molar-refractivity contribution in [2.24, 2.45) is 0 Å². The van der Waals surface area contributed by atoms with E-state index in [0.717, 1.165) is 0 Å². The van der Waals surface area contributed by atoms with Gasteiger partial charge < -0.3 is 19.6 Å². The van der Waals surface area contributed by atoms with Crippen molar-refractivity contribution in [3.63, 3.8) is 0 Å². The van der Waals surface area contributed by atoms with Crippen LogP contribution in [0.1, 0.15) is 0 Å². The molecule has 1 N–H and O–H groups in total. The number of rotatable bonds is 7. The molecule has 2 amide bonds. The molecule has 0 saturated carbocycles. The van der Waals surface area contributed by atoms with Crippen molar-refractivity contribution in [1.82, 2.24) is 4.90 Å². The van der Waals surface area contributed by atoms with Crippen LogP contribution in [0.5, 0.6) is 0 Å². The van der Waals surface area contributed by atoms with Crippen LogP contribution < -0.4 is 4.90 Å². The molecule has 130 valence electrons. The summed E-state index contributed by atoms with van der Waals surface area (Å²) in [7, 11) is 0. The van der Waals surface area contributed by atoms with Crippen LogP contribution in [0.15, 0.2) is 30.3 Å². The molecule has 24 heavy (non-hydrogen) atoms. The van der Waals surface area contributed by atoms with Crippen LogP contribution in [-0.2, 0) is 19.1 Å². The Bertz CT molecular complexity index is 575. The fourth-order valence-corrected chi connectivity index (χ4v) is 3.06. The number of aliphatic carboxylic acids is 1. The highest BCUT2D eigenvalue weighted by Gasteiger charge is 2.20. The van der Waals surface area contributed by atoms with Crippen molar-refractivity contribution >= 4 is 35.2 Å². The number of ether oxygens (including phenoxy) is 1. The number of hydrogen-bond donors (Lipinski definition) is 1. The number of morpholine rings is 1. The Labute approximate surface area is 144 Å². The first-order valence-electron chi connectivity index (χ1n) is 7.58. The molecule has 0 bridgehead atoms. The monoisotopic (exact) mass is 352 g/mol. The summed E-state index contributed by atoms with van der Waals surface area (Å²) in [5.41, 5.74) is 0.532. The van der Waals surface area contributed by atoms with E-state index in [2.05, 4.69) is 0 Å². The second-order valence-electron chi connectivity index (χ2n) is 5.20. The van der Waals surface area contributed by atoms with Crippen molar-refractivity contribution in [2.75, 3.05) is 49.3 Å². The second-order valence-corrected chi connectivity index (χ2v) is 6.18. The molecular weight excluding hydrogens is 332 g/mol. The quantitative estimate of drug-likeness (QED) is 0.777. The molecule has 0 aliphatic carbocycles. The molecule has 1 fully saturated rings. The number of benzene rings is 1. The van der Waals surface area contributed by atoms with Crippen LogP contribution in [0.4, 0.5) is 5.69 Å². The third-order valence-electron chi connectivity index (χ3n) is 3.48. The molecule has 1 aromatic carbocycles. The molecule has 1 aliphatic heterocycles. The molecule has 8 heteroatoms. The summed E-state index contributed by atoms with van der Waals surface area (Å²) in [5, 5.41) is 9.00. The van der Waals surface area contributed by atoms with E-state index in [0.29, 0.717) is 32.0 Å². The van der Waals surface area contributed by atoms with Gasteiger partial charge in [0, 0.05) is 18.8 Å². The molecular formula is C16H20N2O5S. The van der Waals surface area contributed by atoms with E-state index >= 15 is 0 Å². The Kier molecular flexibility index (Phi) is 7.07. The number of anilines is 1. The lowest BCUT2D eigenvalue weighted by Crippen LogP contribution is -2.42. The minimum Gasteiger partial charge on any atom is -0.480 e. The summed E-state index contributed by atoms with van der Waals surface area (Å²) < 4.78 is 5.19. The smallest absolute Gasteiger partial charge is 0.323 e. The summed E-state index contributed by atoms with van der Waals surface area (Å²) in [5.74, 6) is -1.19. The zero-order valence-corrected chi connectivity index (χ0v) is 14.0. The number of para-hydroxylation sites is 1. The molecule has 0 atom stereocenters. The summed E-state index contributed by atoms with van der Waals surface area (Å²) >= 11 is 1.20. The van der Waals surface area contributed by atoms with Crippen LogP contribution in [0, 0.1) is 0 Å². The third-order valence-corrected chi connectivity index (χ3v) is 4.38. The van der Waals surface area contributed by atoms with E-state index in [1.165, 1.54) is 16.7 Å². The minimum atomic E-state index is -1.08. The SMILES string of the molecule is O=C(O)CN(C(=O)CSCC(=O)N1CCOCC1)c1ccccc1. The Balaban J connectivity index is 1.86. The summed E-state index contributed by atoms with van der Waals surface area (Å²) in [4.78, 5) is 38.3. The van der Waals surface area contributed by atoms with E-state index in [-0.39, 0.29) is 23.3 Å². The maximum Gasteiger partial charge on any atom is 0.323 e. The lowest BCUT2D eigenvalue weighted by atomic mass is 10.3. The average molecular weight is 352 g/mol. The minimum absolute atomic E-state index is 0.0272. The van der Waals surface area contributed by atoms with Gasteiger partial charge in [-0.15, -0.1) is 11.8 Å². The van der Waals surface area contributed by atoms with Crippen molar-refractivity contribution in [2.45, 2.75) is 0 Å². The summed E-state index contributed by atoms with van der Waals surface area (Å²) in [6, 6.07) is 8.65. The van der Waals surface area contributed by atoms with Crippen LogP contribution in [0.3, 0.4) is 0 Å². The Morgan fingerprint density at radius 2 is 1.79 bits per heavy atom. The second kappa shape index (κ2) is 9.29. The van der Waals surface area contributed by atoms with Gasteiger partial charge in [0.05, 0.1) is 24.7 Å². The number of nitrogens with zero attached hydrogens (tertiary/aromatic N) is 2. The van der Waals surface area contributed by atoms with Crippen molar-refractivity contribution < 1.29 is 24.2 Å². The molecule has 0 radical (unpaired) electrons. The van der Waals surface area contributed by atoms with Crippen LogP contribution in [0.2, 0.25) is 0 Å². The largest absolute Gasteiger partial charge is 0.480 e. The molecule has 1 heterocycles. The summed E-state index contributed by atoms with van der Waals surface area (Å²) in [6.07, 6.45) is 0. The molecule has 0 aromatic heterocycles. The molecule has 1 saturated heterocycles. The molecule has 0 spiro atoms. The number of thioether (sulfide) groups is 1. The van der Waals surface area contributed by atoms with Gasteiger partial charge in [0.2, 0.25) is 11.8 Å². The predicted molar refractivity (Wildman–Crippen MR) is 91.2 cm³/mol. The van der Waals surface area contributed by atoms with Gasteiger partial charge in [-0.05, 0) is 12.1 Å². The van der Waals surface area contributed by atoms with Gasteiger partial charge in [-0.1, -0.05) is 18.2 Å². The normalized spacial score (nSPS) is 14.2. The van der Waals surface area contributed by atoms with Crippen LogP contribution in [0.25, 0.3) is 0 Å². The lowest BCUT2D eigenvalue weighted by molar-refractivity contribution is -0.136. The number of carboxylic acids is 1. The van der Waals surface area contributed by atoms with Gasteiger partial charge in [0.1, 0.15) is 6.54 Å². The number of carbonyl (C=O) groups is 3. The predicted octanol–water partition coefficient (Wildman–Crippen LogP) is 0.696. The van der Waals surface area contributed by atoms with Gasteiger partial charge >= 0.3 is 5.97 Å². The van der Waals surface area contributed by atoms with E-state index in [1.807, 2.05) is 0 Å². The Morgan fingerprint density at radius 1 is 1.12 bits per heavy atom. The average Bonchev–Trinajstić information content (AvgIpc) is 2.60. The van der Waals surface area contributed by atoms with Crippen LogP contribution in [-0.4, -0.2) is 72.1 Å². The first-order valence-corrected chi connectivity index (χ1v) is 8.74. The van der Waals surface area contributed by atoms with E-state index in [1.54, 1.807) is 35.2 Å². The first-order chi connectivity index (χ1) is 11.6. The van der Waals surface area contributed by atoms with Gasteiger partial charge in [-0.3, -0.25) is 14.4 Å². The highest BCUT2D eigenvalue weighted by Crippen LogP contribution is 2.15. The molecule has 2 rings (SSSR count). The van der Waals surface area contributed by atoms with E-state index in [9.17, 15) is 14.4 Å². The number of carboxylic acid groups (broad SMARTS) is 1. The van der Waals surface area contributed by atoms with Crippen molar-refractivity contribution in [1.29, 1.82) is 0 Å². The molecule has 0 unspecified atom stereocenters. The number of hydrogen-bond acceptors (Lipinski definition) is 5. The Hall–Kier alpha value is -2.06. The number of amides is 2. The van der Waals surface area contributed by atoms with E-state index < -0.39 is 12.5 Å². The van der Waals surface area contributed by atoms with E-state index in [4.69, 9.17) is 9.84 Å². The van der Waals surface area contributed by atoms with Crippen molar-refractivity contribution in [3.8, 4) is 0 Å². The standard InChI is InChI=1S/C16H20N2O5S/c19-14(17-6-8-23-9-7-17)11-24-12-15(20)18(10-16(21)22)13-4-2-1-3-5-13/h1-5H,6-12H2,(H,21,22). The maximum absolute atomic E-state index is 12.3. The first kappa shape index (κ1) is 18.3. The maximum atomic E-state index is 12.3. The van der Waals surface area contributed by atoms with Crippen molar-refractivity contribution in [3.05, 3.63) is 30.3 Å². The lowest BCUT2D eigenvalue weighted by Gasteiger charge is -2.26. The van der Waals surface area contributed by atoms with Gasteiger partial charge in [-0.25, -0.2) is 0 Å². The Morgan fingerprint density at radius 3 is 2.42 bits per heavy atom. The zero-order valence-electron chi connectivity index (χ0n) is 13.2. The fraction of sp³-hybridized carbons (Fsp3) is 0.438. The van der Waals surface area contributed by atoms with Crippen LogP contribution >= 0.6 is 11.8 Å². The topological polar surface area (TPSA) is 87.2 Å². The molecule has 1 aliphatic rings. The van der Waals surface area contributed by atoms with Gasteiger partial charge in [0.25, 0.3) is 0 Å². The molecule has 1 aromatic rings.